The van der Waals surface area contributed by atoms with Crippen LogP contribution in [-0.2, 0) is 9.59 Å². The Hall–Kier alpha value is -4.54. The zero-order valence-electron chi connectivity index (χ0n) is 39.2. The molecule has 2 aliphatic carbocycles. The molecule has 340 valence electrons. The molecule has 6 nitrogen and oxygen atoms in total. The highest BCUT2D eigenvalue weighted by Gasteiger charge is 2.36. The van der Waals surface area contributed by atoms with Crippen molar-refractivity contribution in [2.24, 2.45) is 42.1 Å². The summed E-state index contributed by atoms with van der Waals surface area (Å²) in [6.07, 6.45) is 7.75. The standard InChI is InChI=1S/C54H52Cl4N4O2S2/c1-51(2,3)34-20-30(21-35(49(34)63)52(4,5)6)47(45-18-15-19-65-45)61-59-42-27-38(55)32(25-40(42)57)33-26-41(58)43(28-39(33)56)60-62-48(46-24-29-16-13-14-17-44(29)66-46)31-22-36(53(7,8)9)50(64)37(23-31)54(10,11)12/h13-28H,1-12H3/b61-59+,62-60+. The summed E-state index contributed by atoms with van der Waals surface area (Å²) in [5.74, 6) is 0.0674. The lowest BCUT2D eigenvalue weighted by molar-refractivity contribution is -0.114. The molecule has 0 amide bonds. The molecule has 0 atom stereocenters. The van der Waals surface area contributed by atoms with Crippen LogP contribution in [-0.4, -0.2) is 11.6 Å². The number of fused-ring (bicyclic) bond motifs is 1. The Morgan fingerprint density at radius 1 is 0.485 bits per heavy atom. The van der Waals surface area contributed by atoms with Crippen LogP contribution >= 0.6 is 69.1 Å². The van der Waals surface area contributed by atoms with E-state index in [1.807, 2.05) is 137 Å². The number of ketones is 2. The molecule has 0 radical (unpaired) electrons. The molecule has 2 aliphatic rings. The van der Waals surface area contributed by atoms with E-state index in [1.165, 1.54) is 11.3 Å². The molecule has 0 bridgehead atoms. The van der Waals surface area contributed by atoms with Crippen molar-refractivity contribution >= 4 is 113 Å². The first-order valence-electron chi connectivity index (χ1n) is 21.5. The minimum Gasteiger partial charge on any atom is -0.289 e. The van der Waals surface area contributed by atoms with E-state index in [1.54, 1.807) is 35.6 Å². The van der Waals surface area contributed by atoms with Crippen LogP contribution in [0.5, 0.6) is 0 Å². The highest BCUT2D eigenvalue weighted by atomic mass is 35.5. The van der Waals surface area contributed by atoms with E-state index in [4.69, 9.17) is 61.7 Å². The van der Waals surface area contributed by atoms with E-state index >= 15 is 0 Å². The van der Waals surface area contributed by atoms with Gasteiger partial charge in [0, 0.05) is 49.3 Å². The minimum absolute atomic E-state index is 0.0320. The van der Waals surface area contributed by atoms with Gasteiger partial charge in [-0.25, -0.2) is 0 Å². The van der Waals surface area contributed by atoms with Gasteiger partial charge in [0.15, 0.2) is 11.6 Å². The van der Waals surface area contributed by atoms with Crippen LogP contribution in [0.4, 0.5) is 11.4 Å². The Morgan fingerprint density at radius 2 is 0.894 bits per heavy atom. The smallest absolute Gasteiger partial charge is 0.186 e. The van der Waals surface area contributed by atoms with Gasteiger partial charge in [-0.15, -0.1) is 43.1 Å². The average Bonchev–Trinajstić information content (AvgIpc) is 3.90. The van der Waals surface area contributed by atoms with Gasteiger partial charge in [0.1, 0.15) is 22.8 Å². The van der Waals surface area contributed by atoms with E-state index < -0.39 is 21.7 Å². The number of Topliss-reactive ketones (excluding diaryl/α,β-unsaturated/α-hetero) is 2. The lowest BCUT2D eigenvalue weighted by Gasteiger charge is -2.31. The van der Waals surface area contributed by atoms with E-state index in [-0.39, 0.29) is 21.6 Å². The number of hydrogen-bond donors (Lipinski definition) is 0. The van der Waals surface area contributed by atoms with Crippen molar-refractivity contribution in [3.63, 3.8) is 0 Å². The summed E-state index contributed by atoms with van der Waals surface area (Å²) in [5, 5.41) is 23.3. The molecule has 2 heterocycles. The van der Waals surface area contributed by atoms with Gasteiger partial charge in [0.2, 0.25) is 0 Å². The summed E-state index contributed by atoms with van der Waals surface area (Å²) in [7, 11) is 0. The molecule has 12 heteroatoms. The monoisotopic (exact) mass is 992 g/mol. The second-order valence-electron chi connectivity index (χ2n) is 20.6. The van der Waals surface area contributed by atoms with Crippen molar-refractivity contribution in [2.75, 3.05) is 0 Å². The number of thiophene rings is 2. The zero-order chi connectivity index (χ0) is 48.3. The van der Waals surface area contributed by atoms with Crippen LogP contribution in [0.2, 0.25) is 20.1 Å². The largest absolute Gasteiger partial charge is 0.289 e. The molecular formula is C54H52Cl4N4O2S2. The molecule has 0 saturated heterocycles. The fourth-order valence-corrected chi connectivity index (χ4v) is 10.3. The first kappa shape index (κ1) is 49.4. The van der Waals surface area contributed by atoms with Gasteiger partial charge >= 0.3 is 0 Å². The number of rotatable bonds is 7. The number of benzene rings is 3. The van der Waals surface area contributed by atoms with Crippen molar-refractivity contribution in [1.82, 2.24) is 0 Å². The molecule has 5 aromatic rings. The number of allylic oxidation sites excluding steroid dienone is 10. The highest BCUT2D eigenvalue weighted by Crippen LogP contribution is 2.47. The quantitative estimate of drug-likeness (QED) is 0.152. The summed E-state index contributed by atoms with van der Waals surface area (Å²) >= 11 is 31.1. The molecule has 7 rings (SSSR count). The molecule has 0 unspecified atom stereocenters. The SMILES string of the molecule is CC(C)(C)C1=CC(=C(/N=N/c2cc(Cl)c(-c3cc(Cl)c(/N=N/C(=C4C=C(C(C)(C)C)C(=O)C(C(C)(C)C)=C4)c4cc5ccccc5s4)cc3Cl)cc2Cl)c2cccs2)C=C(C(C)(C)C)C1=O. The Balaban J connectivity index is 1.29. The first-order chi connectivity index (χ1) is 30.7. The Morgan fingerprint density at radius 3 is 1.27 bits per heavy atom. The maximum absolute atomic E-state index is 13.9. The summed E-state index contributed by atoms with van der Waals surface area (Å²) in [4.78, 5) is 29.4. The van der Waals surface area contributed by atoms with Crippen LogP contribution < -0.4 is 0 Å². The van der Waals surface area contributed by atoms with Crippen molar-refractivity contribution in [3.05, 3.63) is 160 Å². The van der Waals surface area contributed by atoms with Gasteiger partial charge < -0.3 is 0 Å². The van der Waals surface area contributed by atoms with Crippen LogP contribution in [0.15, 0.2) is 150 Å². The Kier molecular flexibility index (Phi) is 13.8. The zero-order valence-corrected chi connectivity index (χ0v) is 43.8. The second kappa shape index (κ2) is 18.5. The van der Waals surface area contributed by atoms with Gasteiger partial charge in [-0.2, -0.15) is 0 Å². The molecule has 0 saturated carbocycles. The van der Waals surface area contributed by atoms with E-state index in [0.717, 1.165) is 31.0 Å². The molecule has 0 fully saturated rings. The van der Waals surface area contributed by atoms with Crippen molar-refractivity contribution in [3.8, 4) is 11.1 Å². The number of nitrogens with zero attached hydrogens (tertiary/aromatic N) is 4. The number of halogens is 4. The van der Waals surface area contributed by atoms with Gasteiger partial charge in [0.05, 0.1) is 29.8 Å². The fraction of sp³-hybridized carbons (Fsp3) is 0.296. The van der Waals surface area contributed by atoms with Gasteiger partial charge in [-0.05, 0) is 99.2 Å². The predicted octanol–water partition coefficient (Wildman–Crippen LogP) is 19.3. The first-order valence-corrected chi connectivity index (χ1v) is 24.7. The fourth-order valence-electron chi connectivity index (χ4n) is 7.62. The van der Waals surface area contributed by atoms with Crippen LogP contribution in [0.25, 0.3) is 32.6 Å². The molecular weight excluding hydrogens is 943 g/mol. The highest BCUT2D eigenvalue weighted by molar-refractivity contribution is 7.20. The number of carbonyl (C=O) groups excluding carboxylic acids is 2. The molecule has 0 spiro atoms. The average molecular weight is 995 g/mol. The van der Waals surface area contributed by atoms with Gasteiger partial charge in [-0.1, -0.05) is 154 Å². The van der Waals surface area contributed by atoms with Crippen LogP contribution in [0.1, 0.15) is 92.8 Å². The topological polar surface area (TPSA) is 83.6 Å². The van der Waals surface area contributed by atoms with E-state index in [9.17, 15) is 9.59 Å². The third kappa shape index (κ3) is 10.4. The van der Waals surface area contributed by atoms with Gasteiger partial charge in [0.25, 0.3) is 0 Å². The molecule has 66 heavy (non-hydrogen) atoms. The van der Waals surface area contributed by atoms with E-state index in [2.05, 4.69) is 23.3 Å². The van der Waals surface area contributed by atoms with Gasteiger partial charge in [-0.3, -0.25) is 9.59 Å². The third-order valence-corrected chi connectivity index (χ3v) is 14.5. The molecule has 0 N–H and O–H groups in total. The second-order valence-corrected chi connectivity index (χ2v) is 24.3. The van der Waals surface area contributed by atoms with E-state index in [0.29, 0.717) is 66.2 Å². The summed E-state index contributed by atoms with van der Waals surface area (Å²) in [5.41, 5.74) is 5.71. The lowest BCUT2D eigenvalue weighted by Crippen LogP contribution is -2.28. The number of carbonyl (C=O) groups is 2. The van der Waals surface area contributed by atoms with Crippen molar-refractivity contribution < 1.29 is 9.59 Å². The number of azo groups is 2. The number of hydrogen-bond acceptors (Lipinski definition) is 8. The maximum Gasteiger partial charge on any atom is 0.186 e. The van der Waals surface area contributed by atoms with Crippen molar-refractivity contribution in [1.29, 1.82) is 0 Å². The molecule has 0 aliphatic heterocycles. The van der Waals surface area contributed by atoms with Crippen molar-refractivity contribution in [2.45, 2.75) is 83.1 Å². The summed E-state index contributed by atoms with van der Waals surface area (Å²) in [6.45, 7) is 24.5. The maximum atomic E-state index is 13.9. The normalized spacial score (nSPS) is 15.5. The Bertz CT molecular complexity index is 2970. The lowest BCUT2D eigenvalue weighted by atomic mass is 9.71. The Labute approximate surface area is 416 Å². The minimum atomic E-state index is -0.419. The summed E-state index contributed by atoms with van der Waals surface area (Å²) in [6, 6.07) is 20.9. The predicted molar refractivity (Wildman–Crippen MR) is 281 cm³/mol. The molecule has 3 aromatic carbocycles. The summed E-state index contributed by atoms with van der Waals surface area (Å²) < 4.78 is 1.10. The van der Waals surface area contributed by atoms with Crippen LogP contribution in [0.3, 0.4) is 0 Å². The molecule has 2 aromatic heterocycles. The third-order valence-electron chi connectivity index (χ3n) is 11.2. The van der Waals surface area contributed by atoms with Crippen LogP contribution in [0, 0.1) is 21.7 Å².